The summed E-state index contributed by atoms with van der Waals surface area (Å²) in [5, 5.41) is 16.8. The number of halogens is 3. The number of nitrogens with one attached hydrogen (secondary N) is 2. The van der Waals surface area contributed by atoms with Gasteiger partial charge in [-0.05, 0) is 99.6 Å². The number of nitrogens with zero attached hydrogens (tertiary/aromatic N) is 10. The van der Waals surface area contributed by atoms with Crippen LogP contribution in [0.2, 0.25) is 10.0 Å². The zero-order valence-corrected chi connectivity index (χ0v) is 39.8. The van der Waals surface area contributed by atoms with Gasteiger partial charge >= 0.3 is 6.03 Å². The van der Waals surface area contributed by atoms with Crippen LogP contribution in [0, 0.1) is 17.2 Å². The van der Waals surface area contributed by atoms with E-state index < -0.39 is 12.1 Å². The highest BCUT2D eigenvalue weighted by Gasteiger charge is 2.54. The molecule has 69 heavy (non-hydrogen) atoms. The molecule has 2 aromatic carbocycles. The summed E-state index contributed by atoms with van der Waals surface area (Å²) in [6.07, 6.45) is 7.41. The lowest BCUT2D eigenvalue weighted by Crippen LogP contribution is -2.73. The largest absolute Gasteiger partial charge is 0.486 e. The summed E-state index contributed by atoms with van der Waals surface area (Å²) in [7, 11) is 1.76. The number of amides is 5. The molecular formula is C49H51Cl2FN12O5. The normalized spacial score (nSPS) is 19.6. The fourth-order valence-electron chi connectivity index (χ4n) is 11.0. The number of aromatic nitrogens is 6. The first-order chi connectivity index (χ1) is 33.3. The minimum absolute atomic E-state index is 0.0217. The molecule has 1 spiro atoms. The molecule has 0 radical (unpaired) electrons. The predicted octanol–water partition coefficient (Wildman–Crippen LogP) is 6.71. The first kappa shape index (κ1) is 45.1. The van der Waals surface area contributed by atoms with E-state index >= 15 is 4.39 Å². The standard InChI is InChI=1S/C49H51Cl2FN12O5/c1-28(44-36(50)21-53-22-37(44)51)69-32-4-5-39-34(17-32)45(57-56-39)31-3-6-41(54-20-31)62-24-49(25-62)26-63(27-49)47(67)30-9-14-61(15-10-30)43(66)23-60-12-7-29(8-13-60)33-19-40-35(18-38(33)52)46(58-59(40)2)64-16-11-42(65)55-48(64)68/h3-6,17-22,28-30H,7-16,23-27H2,1-2H3,(H,56,57)(H,55,65,68)/t28-/m1/s1. The first-order valence-electron chi connectivity index (χ1n) is 23.5. The van der Waals surface area contributed by atoms with Gasteiger partial charge in [0.15, 0.2) is 5.82 Å². The molecule has 0 aliphatic carbocycles. The second-order valence-corrected chi connectivity index (χ2v) is 20.1. The zero-order chi connectivity index (χ0) is 47.7. The Kier molecular flexibility index (Phi) is 11.7. The van der Waals surface area contributed by atoms with Crippen LogP contribution in [0.25, 0.3) is 33.1 Å². The molecule has 4 aromatic heterocycles. The molecule has 1 atom stereocenters. The van der Waals surface area contributed by atoms with Gasteiger partial charge in [0.1, 0.15) is 29.2 Å². The summed E-state index contributed by atoms with van der Waals surface area (Å²) < 4.78 is 23.6. The number of fused-ring (bicyclic) bond motifs is 2. The second-order valence-electron chi connectivity index (χ2n) is 19.3. The molecule has 5 saturated heterocycles. The Morgan fingerprint density at radius 2 is 1.65 bits per heavy atom. The summed E-state index contributed by atoms with van der Waals surface area (Å²) >= 11 is 12.8. The molecular weight excluding hydrogens is 927 g/mol. The van der Waals surface area contributed by atoms with Crippen molar-refractivity contribution in [3.8, 4) is 17.0 Å². The van der Waals surface area contributed by atoms with Crippen molar-refractivity contribution in [1.82, 2.24) is 50.0 Å². The fraction of sp³-hybridized carbons (Fsp3) is 0.429. The van der Waals surface area contributed by atoms with Crippen molar-refractivity contribution in [1.29, 1.82) is 0 Å². The quantitative estimate of drug-likeness (QED) is 0.149. The van der Waals surface area contributed by atoms with Crippen LogP contribution < -0.4 is 19.9 Å². The smallest absolute Gasteiger partial charge is 0.329 e. The van der Waals surface area contributed by atoms with Crippen molar-refractivity contribution in [3.05, 3.63) is 88.0 Å². The summed E-state index contributed by atoms with van der Waals surface area (Å²) in [6, 6.07) is 12.5. The van der Waals surface area contributed by atoms with Gasteiger partial charge in [0.25, 0.3) is 0 Å². The Morgan fingerprint density at radius 3 is 2.36 bits per heavy atom. The van der Waals surface area contributed by atoms with Crippen LogP contribution in [0.4, 0.5) is 20.8 Å². The highest BCUT2D eigenvalue weighted by Crippen LogP contribution is 2.43. The van der Waals surface area contributed by atoms with Crippen LogP contribution in [0.3, 0.4) is 0 Å². The molecule has 11 rings (SSSR count). The third-order valence-corrected chi connectivity index (χ3v) is 15.4. The van der Waals surface area contributed by atoms with Crippen molar-refractivity contribution in [2.24, 2.45) is 18.4 Å². The number of urea groups is 1. The number of pyridine rings is 2. The molecule has 0 unspecified atom stereocenters. The van der Waals surface area contributed by atoms with E-state index in [1.165, 1.54) is 11.0 Å². The van der Waals surface area contributed by atoms with E-state index in [-0.39, 0.29) is 53.8 Å². The van der Waals surface area contributed by atoms with Gasteiger partial charge in [0.05, 0.1) is 27.6 Å². The number of hydrogen-bond acceptors (Lipinski definition) is 11. The number of carbonyl (C=O) groups is 4. The molecule has 9 heterocycles. The Balaban J connectivity index is 0.622. The number of ether oxygens (including phenoxy) is 1. The fourth-order valence-corrected chi connectivity index (χ4v) is 11.7. The molecule has 0 bridgehead atoms. The van der Waals surface area contributed by atoms with E-state index in [4.69, 9.17) is 32.9 Å². The van der Waals surface area contributed by atoms with Gasteiger partial charge in [0.2, 0.25) is 17.7 Å². The number of aryl methyl sites for hydroxylation is 1. The Hall–Kier alpha value is -6.37. The predicted molar refractivity (Wildman–Crippen MR) is 258 cm³/mol. The number of likely N-dealkylation sites (tertiary alicyclic amines) is 3. The van der Waals surface area contributed by atoms with Gasteiger partial charge in [-0.3, -0.25) is 44.3 Å². The minimum Gasteiger partial charge on any atom is -0.486 e. The van der Waals surface area contributed by atoms with Crippen molar-refractivity contribution >= 4 is 80.4 Å². The van der Waals surface area contributed by atoms with Gasteiger partial charge in [-0.25, -0.2) is 14.2 Å². The van der Waals surface area contributed by atoms with Crippen LogP contribution in [0.15, 0.2) is 61.1 Å². The van der Waals surface area contributed by atoms with Crippen LogP contribution in [0.1, 0.15) is 62.2 Å². The molecule has 2 N–H and O–H groups in total. The molecule has 5 aliphatic heterocycles. The van der Waals surface area contributed by atoms with Gasteiger partial charge < -0.3 is 19.4 Å². The molecule has 20 heteroatoms. The third-order valence-electron chi connectivity index (χ3n) is 14.7. The summed E-state index contributed by atoms with van der Waals surface area (Å²) in [4.78, 5) is 69.8. The van der Waals surface area contributed by atoms with E-state index in [2.05, 4.69) is 35.4 Å². The zero-order valence-electron chi connectivity index (χ0n) is 38.3. The van der Waals surface area contributed by atoms with Crippen LogP contribution in [-0.2, 0) is 21.4 Å². The maximum atomic E-state index is 15.7. The third kappa shape index (κ3) is 8.49. The van der Waals surface area contributed by atoms with E-state index in [0.717, 1.165) is 54.2 Å². The topological polar surface area (TPSA) is 178 Å². The number of hydrogen-bond donors (Lipinski definition) is 2. The van der Waals surface area contributed by atoms with E-state index in [9.17, 15) is 19.2 Å². The Bertz CT molecular complexity index is 2990. The molecule has 5 fully saturated rings. The lowest BCUT2D eigenvalue weighted by atomic mass is 9.72. The SMILES string of the molecule is C[C@@H](Oc1ccc2[nH]nc(-c3ccc(N4CC5(CN(C(=O)C6CCN(C(=O)CN7CCC(c8cc9c(cc8F)c(N8CCC(=O)NC8=O)nn9C)CC7)CC6)C5)C4)nc3)c2c1)c1c(Cl)cncc1Cl. The second kappa shape index (κ2) is 17.9. The molecule has 5 aliphatic rings. The highest BCUT2D eigenvalue weighted by molar-refractivity contribution is 6.35. The van der Waals surface area contributed by atoms with Crippen LogP contribution in [-0.4, -0.2) is 134 Å². The van der Waals surface area contributed by atoms with E-state index in [1.54, 1.807) is 24.1 Å². The molecule has 6 aromatic rings. The number of carbonyl (C=O) groups excluding carboxylic acids is 4. The number of H-pyrrole nitrogens is 1. The first-order valence-corrected chi connectivity index (χ1v) is 24.3. The number of anilines is 2. The van der Waals surface area contributed by atoms with Crippen molar-refractivity contribution in [2.75, 3.05) is 75.2 Å². The van der Waals surface area contributed by atoms with Gasteiger partial charge in [-0.15, -0.1) is 0 Å². The van der Waals surface area contributed by atoms with Gasteiger partial charge in [-0.1, -0.05) is 23.2 Å². The average molecular weight is 978 g/mol. The maximum Gasteiger partial charge on any atom is 0.329 e. The minimum atomic E-state index is -0.563. The number of rotatable bonds is 10. The highest BCUT2D eigenvalue weighted by atomic mass is 35.5. The summed E-state index contributed by atoms with van der Waals surface area (Å²) in [6.45, 7) is 7.97. The number of aromatic amines is 1. The summed E-state index contributed by atoms with van der Waals surface area (Å²) in [5.74, 6) is 1.32. The van der Waals surface area contributed by atoms with Gasteiger partial charge in [-0.2, -0.15) is 10.2 Å². The molecule has 358 valence electrons. The van der Waals surface area contributed by atoms with Crippen LogP contribution >= 0.6 is 23.2 Å². The summed E-state index contributed by atoms with van der Waals surface area (Å²) in [5.41, 5.74) is 4.57. The lowest BCUT2D eigenvalue weighted by molar-refractivity contribution is -0.152. The van der Waals surface area contributed by atoms with Crippen molar-refractivity contribution in [2.45, 2.75) is 51.0 Å². The Labute approximate surface area is 406 Å². The van der Waals surface area contributed by atoms with Crippen molar-refractivity contribution < 1.29 is 28.3 Å². The van der Waals surface area contributed by atoms with E-state index in [1.807, 2.05) is 59.3 Å². The van der Waals surface area contributed by atoms with E-state index in [0.29, 0.717) is 102 Å². The molecule has 5 amide bonds. The van der Waals surface area contributed by atoms with Gasteiger partial charge in [0, 0.05) is 111 Å². The average Bonchev–Trinajstić information content (AvgIpc) is 3.87. The lowest BCUT2D eigenvalue weighted by Gasteiger charge is -2.61. The Morgan fingerprint density at radius 1 is 0.899 bits per heavy atom. The number of piperidine rings is 2. The number of benzene rings is 2. The maximum absolute atomic E-state index is 15.7. The van der Waals surface area contributed by atoms with Crippen LogP contribution in [0.5, 0.6) is 5.75 Å². The monoisotopic (exact) mass is 976 g/mol. The van der Waals surface area contributed by atoms with Crippen molar-refractivity contribution in [3.63, 3.8) is 0 Å². The molecule has 17 nitrogen and oxygen atoms in total. The molecule has 0 saturated carbocycles. The number of imide groups is 1.